The third kappa shape index (κ3) is 3.29. The van der Waals surface area contributed by atoms with Gasteiger partial charge in [-0.15, -0.1) is 0 Å². The van der Waals surface area contributed by atoms with Gasteiger partial charge in [0.15, 0.2) is 17.0 Å². The third-order valence-electron chi connectivity index (χ3n) is 3.65. The Balaban J connectivity index is 2.02. The highest BCUT2D eigenvalue weighted by Crippen LogP contribution is 2.25. The molecule has 3 rings (SSSR count). The molecule has 0 radical (unpaired) electrons. The summed E-state index contributed by atoms with van der Waals surface area (Å²) in [6.45, 7) is 2.42. The van der Waals surface area contributed by atoms with Gasteiger partial charge in [0.2, 0.25) is 0 Å². The van der Waals surface area contributed by atoms with E-state index in [1.807, 2.05) is 37.3 Å². The molecule has 3 N–H and O–H groups in total. The molecule has 3 aromatic rings. The second kappa shape index (κ2) is 7.06. The summed E-state index contributed by atoms with van der Waals surface area (Å²) in [4.78, 5) is 12.5. The van der Waals surface area contributed by atoms with Gasteiger partial charge in [-0.2, -0.15) is 15.0 Å². The molecule has 0 bridgehead atoms. The molecule has 2 aromatic heterocycles. The number of nitrogens with two attached hydrogens (primary N) is 1. The van der Waals surface area contributed by atoms with E-state index in [1.165, 1.54) is 0 Å². The van der Waals surface area contributed by atoms with Crippen LogP contribution in [0.4, 0.5) is 5.82 Å². The van der Waals surface area contributed by atoms with Crippen LogP contribution in [0.3, 0.4) is 0 Å². The number of hydrogen-bond acceptors (Lipinski definition) is 6. The zero-order chi connectivity index (χ0) is 17.1. The van der Waals surface area contributed by atoms with Crippen LogP contribution in [0.2, 0.25) is 0 Å². The van der Waals surface area contributed by atoms with E-state index in [9.17, 15) is 9.66 Å². The van der Waals surface area contributed by atoms with E-state index in [0.29, 0.717) is 23.5 Å². The van der Waals surface area contributed by atoms with Crippen LogP contribution in [0.5, 0.6) is 6.01 Å². The van der Waals surface area contributed by atoms with Crippen molar-refractivity contribution in [1.82, 2.24) is 19.5 Å². The van der Waals surface area contributed by atoms with Crippen LogP contribution in [0, 0.1) is 0 Å². The van der Waals surface area contributed by atoms with E-state index in [4.69, 9.17) is 5.73 Å². The van der Waals surface area contributed by atoms with Crippen molar-refractivity contribution in [3.63, 3.8) is 0 Å². The van der Waals surface area contributed by atoms with Crippen LogP contribution >= 0.6 is 0 Å². The van der Waals surface area contributed by atoms with E-state index in [1.54, 1.807) is 4.57 Å². The SMILES string of the molecule is CCCC[S+]([O-])c1nc(N)c2nc(O)n(Cc3ccccc3)c2n1. The van der Waals surface area contributed by atoms with E-state index in [2.05, 4.69) is 15.0 Å². The number of nitrogen functional groups attached to an aromatic ring is 1. The summed E-state index contributed by atoms with van der Waals surface area (Å²) in [7, 11) is 0. The highest BCUT2D eigenvalue weighted by atomic mass is 32.2. The second-order valence-electron chi connectivity index (χ2n) is 5.45. The molecule has 126 valence electrons. The molecule has 0 saturated heterocycles. The fraction of sp³-hybridized carbons (Fsp3) is 0.312. The molecule has 0 aliphatic heterocycles. The lowest BCUT2D eigenvalue weighted by atomic mass is 10.2. The van der Waals surface area contributed by atoms with Crippen LogP contribution in [0.1, 0.15) is 25.3 Å². The first-order valence-electron chi connectivity index (χ1n) is 7.75. The quantitative estimate of drug-likeness (QED) is 0.522. The predicted octanol–water partition coefficient (Wildman–Crippen LogP) is 2.07. The largest absolute Gasteiger partial charge is 0.609 e. The topological polar surface area (TPSA) is 113 Å². The molecular formula is C16H19N5O2S. The standard InChI is InChI=1S/C16H19N5O2S/c1-2-3-9-24(23)15-19-13(17)12-14(20-15)21(16(22)18-12)10-11-7-5-4-6-8-11/h4-8H,2-3,9-10H2,1H3,(H,18,22)(H2,17,19,20). The number of rotatable bonds is 6. The normalized spacial score (nSPS) is 12.6. The average molecular weight is 345 g/mol. The highest BCUT2D eigenvalue weighted by molar-refractivity contribution is 7.91. The van der Waals surface area contributed by atoms with Gasteiger partial charge in [-0.05, 0) is 12.0 Å². The van der Waals surface area contributed by atoms with Crippen molar-refractivity contribution in [3.8, 4) is 6.01 Å². The maximum atomic E-state index is 12.3. The number of nitrogens with zero attached hydrogens (tertiary/aromatic N) is 4. The molecule has 0 saturated carbocycles. The Morgan fingerprint density at radius 2 is 1.96 bits per heavy atom. The van der Waals surface area contributed by atoms with Crippen molar-refractivity contribution in [2.75, 3.05) is 11.5 Å². The van der Waals surface area contributed by atoms with Crippen LogP contribution in [0.25, 0.3) is 11.2 Å². The maximum Gasteiger partial charge on any atom is 0.346 e. The van der Waals surface area contributed by atoms with E-state index in [-0.39, 0.29) is 17.0 Å². The third-order valence-corrected chi connectivity index (χ3v) is 4.90. The lowest BCUT2D eigenvalue weighted by Crippen LogP contribution is -2.13. The Bertz CT molecular complexity index is 837. The summed E-state index contributed by atoms with van der Waals surface area (Å²) in [6, 6.07) is 9.45. The Morgan fingerprint density at radius 3 is 2.67 bits per heavy atom. The monoisotopic (exact) mass is 345 g/mol. The number of imidazole rings is 1. The summed E-state index contributed by atoms with van der Waals surface area (Å²) in [5.74, 6) is 0.613. The van der Waals surface area contributed by atoms with E-state index in [0.717, 1.165) is 18.4 Å². The molecule has 0 aliphatic rings. The molecule has 24 heavy (non-hydrogen) atoms. The second-order valence-corrected chi connectivity index (χ2v) is 6.91. The molecule has 0 spiro atoms. The minimum Gasteiger partial charge on any atom is -0.609 e. The molecule has 7 nitrogen and oxygen atoms in total. The van der Waals surface area contributed by atoms with Crippen molar-refractivity contribution in [2.24, 2.45) is 0 Å². The van der Waals surface area contributed by atoms with Crippen molar-refractivity contribution in [2.45, 2.75) is 31.5 Å². The Morgan fingerprint density at radius 1 is 1.21 bits per heavy atom. The first-order chi connectivity index (χ1) is 11.6. The molecular weight excluding hydrogens is 326 g/mol. The van der Waals surface area contributed by atoms with Gasteiger partial charge in [-0.25, -0.2) is 0 Å². The van der Waals surface area contributed by atoms with Crippen molar-refractivity contribution in [3.05, 3.63) is 35.9 Å². The number of anilines is 1. The number of benzene rings is 1. The van der Waals surface area contributed by atoms with Crippen molar-refractivity contribution in [1.29, 1.82) is 0 Å². The molecule has 0 aliphatic carbocycles. The van der Waals surface area contributed by atoms with E-state index < -0.39 is 11.2 Å². The Hall–Kier alpha value is -2.32. The summed E-state index contributed by atoms with van der Waals surface area (Å²) >= 11 is -1.32. The first-order valence-corrected chi connectivity index (χ1v) is 9.07. The van der Waals surface area contributed by atoms with Gasteiger partial charge in [0.05, 0.1) is 6.54 Å². The molecule has 1 atom stereocenters. The summed E-state index contributed by atoms with van der Waals surface area (Å²) < 4.78 is 13.9. The molecule has 8 heteroatoms. The molecule has 0 amide bonds. The minimum absolute atomic E-state index is 0.127. The Labute approximate surface area is 142 Å². The van der Waals surface area contributed by atoms with Gasteiger partial charge in [0.25, 0.3) is 6.01 Å². The maximum absolute atomic E-state index is 12.3. The summed E-state index contributed by atoms with van der Waals surface area (Å²) in [5.41, 5.74) is 7.62. The van der Waals surface area contributed by atoms with Gasteiger partial charge in [-0.3, -0.25) is 4.57 Å². The van der Waals surface area contributed by atoms with E-state index >= 15 is 0 Å². The van der Waals surface area contributed by atoms with Crippen LogP contribution in [-0.2, 0) is 17.7 Å². The van der Waals surface area contributed by atoms with Crippen LogP contribution in [-0.4, -0.2) is 34.9 Å². The van der Waals surface area contributed by atoms with Gasteiger partial charge >= 0.3 is 5.16 Å². The predicted molar refractivity (Wildman–Crippen MR) is 93.1 cm³/mol. The molecule has 2 heterocycles. The lowest BCUT2D eigenvalue weighted by molar-refractivity contribution is 0.408. The zero-order valence-electron chi connectivity index (χ0n) is 13.3. The van der Waals surface area contributed by atoms with Crippen molar-refractivity contribution < 1.29 is 9.66 Å². The highest BCUT2D eigenvalue weighted by Gasteiger charge is 2.22. The fourth-order valence-corrected chi connectivity index (χ4v) is 3.49. The Kier molecular flexibility index (Phi) is 4.86. The summed E-state index contributed by atoms with van der Waals surface area (Å²) in [5, 5.41) is 10.3. The number of fused-ring (bicyclic) bond motifs is 1. The smallest absolute Gasteiger partial charge is 0.346 e. The summed E-state index contributed by atoms with van der Waals surface area (Å²) in [6.07, 6.45) is 1.76. The number of aromatic nitrogens is 4. The first kappa shape index (κ1) is 16.5. The van der Waals surface area contributed by atoms with Crippen molar-refractivity contribution >= 4 is 28.2 Å². The average Bonchev–Trinajstić information content (AvgIpc) is 2.90. The van der Waals surface area contributed by atoms with Crippen LogP contribution < -0.4 is 5.73 Å². The van der Waals surface area contributed by atoms with Gasteiger partial charge < -0.3 is 15.4 Å². The van der Waals surface area contributed by atoms with Gasteiger partial charge in [0, 0.05) is 11.2 Å². The number of unbranched alkanes of at least 4 members (excludes halogenated alkanes) is 1. The zero-order valence-corrected chi connectivity index (χ0v) is 14.2. The molecule has 1 unspecified atom stereocenters. The molecule has 1 aromatic carbocycles. The van der Waals surface area contributed by atoms with Gasteiger partial charge in [0.1, 0.15) is 5.75 Å². The van der Waals surface area contributed by atoms with Crippen LogP contribution in [0.15, 0.2) is 35.5 Å². The minimum atomic E-state index is -1.32. The fourth-order valence-electron chi connectivity index (χ4n) is 2.37. The number of aromatic hydroxyl groups is 1. The molecule has 0 fully saturated rings. The van der Waals surface area contributed by atoms with Gasteiger partial charge in [-0.1, -0.05) is 43.7 Å². The lowest BCUT2D eigenvalue weighted by Gasteiger charge is -2.09. The number of hydrogen-bond donors (Lipinski definition) is 2.